The van der Waals surface area contributed by atoms with Crippen molar-refractivity contribution in [3.8, 4) is 17.3 Å². The zero-order valence-corrected chi connectivity index (χ0v) is 17.4. The van der Waals surface area contributed by atoms with Gasteiger partial charge in [0.15, 0.2) is 0 Å². The van der Waals surface area contributed by atoms with Gasteiger partial charge in [-0.25, -0.2) is 9.59 Å². The second-order valence-electron chi connectivity index (χ2n) is 7.33. The summed E-state index contributed by atoms with van der Waals surface area (Å²) in [7, 11) is 0. The van der Waals surface area contributed by atoms with Crippen LogP contribution >= 0.6 is 0 Å². The molecule has 0 radical (unpaired) electrons. The number of aryl methyl sites for hydroxylation is 3. The molecule has 0 atom stereocenters. The van der Waals surface area contributed by atoms with Crippen LogP contribution in [0.3, 0.4) is 0 Å². The van der Waals surface area contributed by atoms with Gasteiger partial charge in [0.2, 0.25) is 0 Å². The first-order chi connectivity index (χ1) is 14.7. The Hall–Kier alpha value is -4.18. The Morgan fingerprint density at radius 3 is 2.39 bits per heavy atom. The molecule has 0 aliphatic carbocycles. The van der Waals surface area contributed by atoms with Crippen molar-refractivity contribution in [2.75, 3.05) is 0 Å². The van der Waals surface area contributed by atoms with Gasteiger partial charge in [-0.05, 0) is 49.6 Å². The van der Waals surface area contributed by atoms with E-state index in [1.54, 1.807) is 12.1 Å². The summed E-state index contributed by atoms with van der Waals surface area (Å²) in [6, 6.07) is 16.5. The van der Waals surface area contributed by atoms with Gasteiger partial charge in [-0.1, -0.05) is 47.5 Å². The molecule has 0 unspecified atom stereocenters. The fraction of sp³-hybridized carbons (Fsp3) is 0.167. The number of nitrogens with zero attached hydrogens (tertiary/aromatic N) is 2. The number of carbonyl (C=O) groups excluding carboxylic acids is 2. The number of hydrogen-bond donors (Lipinski definition) is 1. The number of rotatable bonds is 4. The first kappa shape index (κ1) is 21.5. The van der Waals surface area contributed by atoms with Crippen LogP contribution in [-0.2, 0) is 11.3 Å². The summed E-state index contributed by atoms with van der Waals surface area (Å²) in [6.07, 6.45) is -1.31. The Bertz CT molecular complexity index is 1300. The second-order valence-corrected chi connectivity index (χ2v) is 7.33. The lowest BCUT2D eigenvalue weighted by Crippen LogP contribution is -2.29. The summed E-state index contributed by atoms with van der Waals surface area (Å²) in [5, 5.41) is 9.58. The lowest BCUT2D eigenvalue weighted by atomic mass is 10.0. The van der Waals surface area contributed by atoms with E-state index in [1.165, 1.54) is 10.6 Å². The van der Waals surface area contributed by atoms with Crippen LogP contribution in [-0.4, -0.2) is 16.6 Å². The molecule has 2 aromatic carbocycles. The summed E-state index contributed by atoms with van der Waals surface area (Å²) >= 11 is 0. The van der Waals surface area contributed by atoms with Crippen LogP contribution < -0.4 is 11.3 Å². The van der Waals surface area contributed by atoms with E-state index in [-0.39, 0.29) is 12.1 Å². The summed E-state index contributed by atoms with van der Waals surface area (Å²) in [6.45, 7) is 6.04. The molecule has 7 heteroatoms. The van der Waals surface area contributed by atoms with E-state index in [0.29, 0.717) is 11.3 Å². The maximum Gasteiger partial charge on any atom is 0.412 e. The quantitative estimate of drug-likeness (QED) is 0.516. The van der Waals surface area contributed by atoms with Gasteiger partial charge in [-0.3, -0.25) is 4.79 Å². The van der Waals surface area contributed by atoms with Crippen molar-refractivity contribution in [1.82, 2.24) is 4.57 Å². The Kier molecular flexibility index (Phi) is 6.02. The molecule has 0 spiro atoms. The van der Waals surface area contributed by atoms with E-state index in [4.69, 9.17) is 5.73 Å². The van der Waals surface area contributed by atoms with Crippen molar-refractivity contribution >= 4 is 12.1 Å². The van der Waals surface area contributed by atoms with Crippen molar-refractivity contribution in [1.29, 1.82) is 5.26 Å². The van der Waals surface area contributed by atoms with Crippen LogP contribution in [0.2, 0.25) is 0 Å². The van der Waals surface area contributed by atoms with Crippen LogP contribution in [0.25, 0.3) is 11.3 Å². The predicted molar refractivity (Wildman–Crippen MR) is 116 cm³/mol. The minimum Gasteiger partial charge on any atom is -0.373 e. The predicted octanol–water partition coefficient (Wildman–Crippen LogP) is 3.60. The van der Waals surface area contributed by atoms with Crippen molar-refractivity contribution in [3.63, 3.8) is 0 Å². The molecule has 3 rings (SSSR count). The highest BCUT2D eigenvalue weighted by Crippen LogP contribution is 2.24. The van der Waals surface area contributed by atoms with E-state index >= 15 is 0 Å². The van der Waals surface area contributed by atoms with Crippen LogP contribution in [0, 0.1) is 32.1 Å². The van der Waals surface area contributed by atoms with Gasteiger partial charge in [-0.2, -0.15) is 5.26 Å². The number of nitrogens with two attached hydrogens (primary N) is 1. The fourth-order valence-electron chi connectivity index (χ4n) is 3.46. The Labute approximate surface area is 179 Å². The summed E-state index contributed by atoms with van der Waals surface area (Å²) < 4.78 is 5.89. The number of esters is 1. The number of hydrogen-bond acceptors (Lipinski definition) is 5. The maximum atomic E-state index is 13.3. The minimum absolute atomic E-state index is 0.202. The van der Waals surface area contributed by atoms with E-state index in [2.05, 4.69) is 4.74 Å². The van der Waals surface area contributed by atoms with Gasteiger partial charge in [0.05, 0.1) is 17.8 Å². The molecular formula is C24H21N3O4. The topological polar surface area (TPSA) is 115 Å². The Balaban J connectivity index is 2.30. The van der Waals surface area contributed by atoms with Crippen molar-refractivity contribution in [2.24, 2.45) is 5.73 Å². The van der Waals surface area contributed by atoms with Crippen molar-refractivity contribution in [2.45, 2.75) is 27.3 Å². The zero-order valence-electron chi connectivity index (χ0n) is 17.4. The van der Waals surface area contributed by atoms with E-state index in [0.717, 1.165) is 22.3 Å². The Morgan fingerprint density at radius 1 is 1.06 bits per heavy atom. The van der Waals surface area contributed by atoms with E-state index in [9.17, 15) is 19.6 Å². The number of ether oxygens (including phenoxy) is 1. The lowest BCUT2D eigenvalue weighted by Gasteiger charge is -2.17. The third-order valence-corrected chi connectivity index (χ3v) is 4.97. The van der Waals surface area contributed by atoms with Gasteiger partial charge >= 0.3 is 12.1 Å². The number of benzene rings is 2. The number of nitriles is 1. The van der Waals surface area contributed by atoms with Gasteiger partial charge in [0.25, 0.3) is 5.56 Å². The largest absolute Gasteiger partial charge is 0.412 e. The molecule has 1 amide bonds. The molecular weight excluding hydrogens is 394 g/mol. The van der Waals surface area contributed by atoms with Crippen molar-refractivity contribution in [3.05, 3.63) is 92.3 Å². The molecule has 2 N–H and O–H groups in total. The summed E-state index contributed by atoms with van der Waals surface area (Å²) in [5.74, 6) is -1.14. The molecule has 1 aromatic heterocycles. The first-order valence-electron chi connectivity index (χ1n) is 9.54. The SMILES string of the molecule is Cc1cccc(-c2cc(C(=O)OC(N)=O)c(C#N)c(=O)n2Cc2ccc(C)cc2C)c1. The molecule has 0 aliphatic rings. The molecule has 7 nitrogen and oxygen atoms in total. The van der Waals surface area contributed by atoms with Gasteiger partial charge < -0.3 is 15.0 Å². The summed E-state index contributed by atoms with van der Waals surface area (Å²) in [5.41, 5.74) is 8.62. The smallest absolute Gasteiger partial charge is 0.373 e. The monoisotopic (exact) mass is 415 g/mol. The minimum atomic E-state index is -1.31. The number of primary amides is 1. The van der Waals surface area contributed by atoms with Gasteiger partial charge in [-0.15, -0.1) is 0 Å². The Morgan fingerprint density at radius 2 is 1.77 bits per heavy atom. The highest BCUT2D eigenvalue weighted by Gasteiger charge is 2.23. The normalized spacial score (nSPS) is 10.4. The lowest BCUT2D eigenvalue weighted by molar-refractivity contribution is 0.0637. The van der Waals surface area contributed by atoms with E-state index in [1.807, 2.05) is 57.2 Å². The highest BCUT2D eigenvalue weighted by atomic mass is 16.6. The molecule has 0 bridgehead atoms. The molecule has 31 heavy (non-hydrogen) atoms. The molecule has 1 heterocycles. The highest BCUT2D eigenvalue weighted by molar-refractivity contribution is 5.98. The maximum absolute atomic E-state index is 13.3. The second kappa shape index (κ2) is 8.67. The third kappa shape index (κ3) is 4.54. The zero-order chi connectivity index (χ0) is 22.7. The van der Waals surface area contributed by atoms with Crippen LogP contribution in [0.5, 0.6) is 0 Å². The molecule has 0 fully saturated rings. The number of pyridine rings is 1. The van der Waals surface area contributed by atoms with Crippen molar-refractivity contribution < 1.29 is 14.3 Å². The average Bonchev–Trinajstić information content (AvgIpc) is 2.70. The van der Waals surface area contributed by atoms with Gasteiger partial charge in [0.1, 0.15) is 11.6 Å². The molecule has 0 saturated heterocycles. The van der Waals surface area contributed by atoms with E-state index < -0.39 is 23.2 Å². The average molecular weight is 415 g/mol. The number of aromatic nitrogens is 1. The number of amides is 1. The van der Waals surface area contributed by atoms with Gasteiger partial charge in [0, 0.05) is 0 Å². The molecule has 0 aliphatic heterocycles. The molecule has 3 aromatic rings. The standard InChI is InChI=1S/C24H21N3O4/c1-14-5-4-6-17(10-14)21-11-19(23(29)31-24(26)30)20(12-25)22(28)27(21)13-18-8-7-15(2)9-16(18)3/h4-11H,13H2,1-3H3,(H2,26,30). The van der Waals surface area contributed by atoms with Crippen LogP contribution in [0.4, 0.5) is 4.79 Å². The summed E-state index contributed by atoms with van der Waals surface area (Å²) in [4.78, 5) is 36.7. The molecule has 0 saturated carbocycles. The number of carbonyl (C=O) groups is 2. The first-order valence-corrected chi connectivity index (χ1v) is 9.54. The van der Waals surface area contributed by atoms with Crippen LogP contribution in [0.15, 0.2) is 53.3 Å². The van der Waals surface area contributed by atoms with Crippen LogP contribution in [0.1, 0.15) is 38.2 Å². The third-order valence-electron chi connectivity index (χ3n) is 4.97. The fourth-order valence-corrected chi connectivity index (χ4v) is 3.46. The molecule has 156 valence electrons.